The third-order valence-electron chi connectivity index (χ3n) is 5.57. The molecule has 2 unspecified atom stereocenters. The van der Waals surface area contributed by atoms with Gasteiger partial charge in [0.1, 0.15) is 18.5 Å². The van der Waals surface area contributed by atoms with Crippen LogP contribution in [0.4, 0.5) is 0 Å². The first kappa shape index (κ1) is 14.9. The van der Waals surface area contributed by atoms with Crippen molar-refractivity contribution in [2.75, 3.05) is 13.2 Å². The number of ether oxygens (including phenoxy) is 2. The molecule has 0 aromatic heterocycles. The van der Waals surface area contributed by atoms with E-state index in [1.165, 1.54) is 44.1 Å². The highest BCUT2D eigenvalue weighted by atomic mass is 16.6. The topological polar surface area (TPSA) is 21.8 Å². The number of hydrogen-bond donors (Lipinski definition) is 0. The van der Waals surface area contributed by atoms with Crippen LogP contribution in [0, 0.1) is 5.92 Å². The van der Waals surface area contributed by atoms with Crippen molar-refractivity contribution in [3.8, 4) is 5.75 Å². The lowest BCUT2D eigenvalue weighted by Gasteiger charge is -2.43. The van der Waals surface area contributed by atoms with Gasteiger partial charge in [0, 0.05) is 0 Å². The average molecular weight is 288 g/mol. The summed E-state index contributed by atoms with van der Waals surface area (Å²) in [6.45, 7) is 6.30. The fraction of sp³-hybridized carbons (Fsp3) is 0.684. The van der Waals surface area contributed by atoms with Crippen LogP contribution in [0.25, 0.3) is 0 Å². The molecule has 1 saturated carbocycles. The summed E-state index contributed by atoms with van der Waals surface area (Å²) in [5, 5.41) is 0. The van der Waals surface area contributed by atoms with Crippen molar-refractivity contribution in [1.29, 1.82) is 0 Å². The maximum atomic E-state index is 5.77. The Balaban J connectivity index is 1.75. The molecule has 1 heterocycles. The lowest BCUT2D eigenvalue weighted by atomic mass is 9.62. The first-order valence-electron chi connectivity index (χ1n) is 8.59. The van der Waals surface area contributed by atoms with Crippen LogP contribution in [0.1, 0.15) is 57.9 Å². The van der Waals surface area contributed by atoms with Crippen LogP contribution in [-0.2, 0) is 10.2 Å². The Labute approximate surface area is 128 Å². The van der Waals surface area contributed by atoms with E-state index in [1.807, 2.05) is 0 Å². The first-order valence-corrected chi connectivity index (χ1v) is 8.59. The number of hydrogen-bond acceptors (Lipinski definition) is 2. The molecule has 1 aromatic carbocycles. The smallest absolute Gasteiger partial charge is 0.119 e. The van der Waals surface area contributed by atoms with Gasteiger partial charge in [0.15, 0.2) is 0 Å². The standard InChI is InChI=1S/C19H28O2/c1-3-15(2)19(11-5-4-6-12-19)16-7-9-17(10-8-16)20-13-18-14-21-18/h7-10,15,18H,3-6,11-14H2,1-2H3. The van der Waals surface area contributed by atoms with E-state index in [0.29, 0.717) is 18.1 Å². The summed E-state index contributed by atoms with van der Waals surface area (Å²) < 4.78 is 11.0. The monoisotopic (exact) mass is 288 g/mol. The Morgan fingerprint density at radius 3 is 2.43 bits per heavy atom. The first-order chi connectivity index (χ1) is 10.2. The lowest BCUT2D eigenvalue weighted by molar-refractivity contribution is 0.198. The summed E-state index contributed by atoms with van der Waals surface area (Å²) in [5.41, 5.74) is 1.91. The highest BCUT2D eigenvalue weighted by Gasteiger charge is 2.37. The maximum absolute atomic E-state index is 5.77. The summed E-state index contributed by atoms with van der Waals surface area (Å²) >= 11 is 0. The van der Waals surface area contributed by atoms with Gasteiger partial charge >= 0.3 is 0 Å². The van der Waals surface area contributed by atoms with Crippen LogP contribution in [0.5, 0.6) is 5.75 Å². The van der Waals surface area contributed by atoms with Crippen molar-refractivity contribution >= 4 is 0 Å². The molecule has 2 heteroatoms. The SMILES string of the molecule is CCC(C)C1(c2ccc(OCC3CO3)cc2)CCCCC1. The van der Waals surface area contributed by atoms with Gasteiger partial charge in [-0.3, -0.25) is 0 Å². The molecule has 2 aliphatic rings. The summed E-state index contributed by atoms with van der Waals surface area (Å²) in [6, 6.07) is 8.91. The van der Waals surface area contributed by atoms with Gasteiger partial charge in [-0.15, -0.1) is 0 Å². The number of benzene rings is 1. The molecular weight excluding hydrogens is 260 g/mol. The van der Waals surface area contributed by atoms with Crippen LogP contribution in [0.2, 0.25) is 0 Å². The van der Waals surface area contributed by atoms with Crippen molar-refractivity contribution in [3.63, 3.8) is 0 Å². The van der Waals surface area contributed by atoms with E-state index in [1.54, 1.807) is 0 Å². The van der Waals surface area contributed by atoms with E-state index in [4.69, 9.17) is 9.47 Å². The van der Waals surface area contributed by atoms with Crippen LogP contribution in [0.15, 0.2) is 24.3 Å². The van der Waals surface area contributed by atoms with Crippen molar-refractivity contribution in [3.05, 3.63) is 29.8 Å². The van der Waals surface area contributed by atoms with E-state index in [0.717, 1.165) is 18.3 Å². The number of rotatable bonds is 6. The molecule has 0 radical (unpaired) electrons. The highest BCUT2D eigenvalue weighted by Crippen LogP contribution is 2.46. The normalized spacial score (nSPS) is 25.3. The molecule has 0 N–H and O–H groups in total. The van der Waals surface area contributed by atoms with Crippen LogP contribution < -0.4 is 4.74 Å². The van der Waals surface area contributed by atoms with Gasteiger partial charge < -0.3 is 9.47 Å². The number of epoxide rings is 1. The summed E-state index contributed by atoms with van der Waals surface area (Å²) in [4.78, 5) is 0. The Hall–Kier alpha value is -1.02. The van der Waals surface area contributed by atoms with E-state index in [-0.39, 0.29) is 0 Å². The zero-order valence-corrected chi connectivity index (χ0v) is 13.4. The fourth-order valence-corrected chi connectivity index (χ4v) is 3.88. The van der Waals surface area contributed by atoms with Crippen LogP contribution in [-0.4, -0.2) is 19.3 Å². The van der Waals surface area contributed by atoms with Gasteiger partial charge in [0.2, 0.25) is 0 Å². The molecule has 2 nitrogen and oxygen atoms in total. The predicted molar refractivity (Wildman–Crippen MR) is 85.9 cm³/mol. The van der Waals surface area contributed by atoms with Gasteiger partial charge in [0.25, 0.3) is 0 Å². The van der Waals surface area contributed by atoms with Gasteiger partial charge in [-0.05, 0) is 41.9 Å². The molecular formula is C19H28O2. The minimum absolute atomic E-state index is 0.328. The third-order valence-corrected chi connectivity index (χ3v) is 5.57. The van der Waals surface area contributed by atoms with E-state index in [2.05, 4.69) is 38.1 Å². The second kappa shape index (κ2) is 6.39. The lowest BCUT2D eigenvalue weighted by Crippen LogP contribution is -2.35. The van der Waals surface area contributed by atoms with Gasteiger partial charge in [-0.2, -0.15) is 0 Å². The third kappa shape index (κ3) is 3.26. The zero-order chi connectivity index (χ0) is 14.7. The van der Waals surface area contributed by atoms with Gasteiger partial charge in [-0.25, -0.2) is 0 Å². The van der Waals surface area contributed by atoms with Crippen molar-refractivity contribution in [1.82, 2.24) is 0 Å². The van der Waals surface area contributed by atoms with Crippen molar-refractivity contribution in [2.45, 2.75) is 63.9 Å². The molecule has 1 saturated heterocycles. The Morgan fingerprint density at radius 1 is 1.19 bits per heavy atom. The molecule has 2 fully saturated rings. The molecule has 2 atom stereocenters. The largest absolute Gasteiger partial charge is 0.491 e. The molecule has 1 aliphatic carbocycles. The molecule has 116 valence electrons. The molecule has 1 aliphatic heterocycles. The maximum Gasteiger partial charge on any atom is 0.119 e. The minimum Gasteiger partial charge on any atom is -0.491 e. The molecule has 21 heavy (non-hydrogen) atoms. The van der Waals surface area contributed by atoms with E-state index >= 15 is 0 Å². The molecule has 1 aromatic rings. The Bertz CT molecular complexity index is 441. The highest BCUT2D eigenvalue weighted by molar-refractivity contribution is 5.33. The molecule has 3 rings (SSSR count). The van der Waals surface area contributed by atoms with Gasteiger partial charge in [0.05, 0.1) is 6.61 Å². The van der Waals surface area contributed by atoms with Crippen LogP contribution >= 0.6 is 0 Å². The quantitative estimate of drug-likeness (QED) is 0.707. The van der Waals surface area contributed by atoms with E-state index in [9.17, 15) is 0 Å². The van der Waals surface area contributed by atoms with E-state index < -0.39 is 0 Å². The summed E-state index contributed by atoms with van der Waals surface area (Å²) in [6.07, 6.45) is 8.44. The Morgan fingerprint density at radius 2 is 1.86 bits per heavy atom. The average Bonchev–Trinajstić information content (AvgIpc) is 3.37. The summed E-state index contributed by atoms with van der Waals surface area (Å²) in [5.74, 6) is 1.73. The van der Waals surface area contributed by atoms with Gasteiger partial charge in [-0.1, -0.05) is 51.7 Å². The zero-order valence-electron chi connectivity index (χ0n) is 13.4. The second-order valence-electron chi connectivity index (χ2n) is 6.82. The molecule has 0 bridgehead atoms. The minimum atomic E-state index is 0.328. The van der Waals surface area contributed by atoms with Crippen molar-refractivity contribution < 1.29 is 9.47 Å². The Kier molecular flexibility index (Phi) is 4.54. The van der Waals surface area contributed by atoms with Crippen molar-refractivity contribution in [2.24, 2.45) is 5.92 Å². The summed E-state index contributed by atoms with van der Waals surface area (Å²) in [7, 11) is 0. The molecule has 0 spiro atoms. The fourth-order valence-electron chi connectivity index (χ4n) is 3.88. The predicted octanol–water partition coefficient (Wildman–Crippen LogP) is 4.71. The molecule has 0 amide bonds. The van der Waals surface area contributed by atoms with Crippen LogP contribution in [0.3, 0.4) is 0 Å². The second-order valence-corrected chi connectivity index (χ2v) is 6.82.